The van der Waals surface area contributed by atoms with Crippen molar-refractivity contribution in [1.82, 2.24) is 0 Å². The highest BCUT2D eigenvalue weighted by atomic mass is 16.7. The number of hydrogen-bond acceptors (Lipinski definition) is 5. The molecule has 26 heavy (non-hydrogen) atoms. The van der Waals surface area contributed by atoms with Gasteiger partial charge in [-0.25, -0.2) is 0 Å². The molecular formula is C21H20O5. The molecule has 0 radical (unpaired) electrons. The van der Waals surface area contributed by atoms with E-state index < -0.39 is 0 Å². The monoisotopic (exact) mass is 352 g/mol. The molecule has 4 aliphatic heterocycles. The quantitative estimate of drug-likeness (QED) is 0.713. The van der Waals surface area contributed by atoms with Crippen LogP contribution >= 0.6 is 0 Å². The average molecular weight is 352 g/mol. The molecule has 2 atom stereocenters. The van der Waals surface area contributed by atoms with Crippen molar-refractivity contribution in [2.75, 3.05) is 13.4 Å². The molecule has 6 rings (SSSR count). The molecule has 2 aromatic rings. The number of fused-ring (bicyclic) bond motifs is 7. The van der Waals surface area contributed by atoms with E-state index in [4.69, 9.17) is 23.7 Å². The van der Waals surface area contributed by atoms with E-state index in [0.29, 0.717) is 6.61 Å². The van der Waals surface area contributed by atoms with Crippen LogP contribution in [0.4, 0.5) is 0 Å². The summed E-state index contributed by atoms with van der Waals surface area (Å²) in [5.41, 5.74) is 3.36. The van der Waals surface area contributed by atoms with Gasteiger partial charge in [0.1, 0.15) is 29.0 Å². The standard InChI is InChI=1S/C21H20O5/c1-21(2)4-3-11-5-13-16(7-15(11)26-21)22-9-14-12-6-18-19(24-10-23-18)8-17(12)25-20(13)14/h5-8,14,20H,3-4,9-10H2,1-2H3/t14-,20-/m1/s1. The van der Waals surface area contributed by atoms with E-state index in [1.54, 1.807) is 0 Å². The van der Waals surface area contributed by atoms with Crippen molar-refractivity contribution in [3.05, 3.63) is 41.0 Å². The van der Waals surface area contributed by atoms with Crippen LogP contribution in [0.25, 0.3) is 0 Å². The molecule has 0 saturated carbocycles. The lowest BCUT2D eigenvalue weighted by molar-refractivity contribution is 0.0826. The Morgan fingerprint density at radius 2 is 1.65 bits per heavy atom. The molecule has 2 aromatic carbocycles. The summed E-state index contributed by atoms with van der Waals surface area (Å²) >= 11 is 0. The van der Waals surface area contributed by atoms with Gasteiger partial charge in [0.05, 0.1) is 12.5 Å². The van der Waals surface area contributed by atoms with Gasteiger partial charge in [0.25, 0.3) is 0 Å². The number of aryl methyl sites for hydroxylation is 1. The summed E-state index contributed by atoms with van der Waals surface area (Å²) in [5.74, 6) is 4.40. The van der Waals surface area contributed by atoms with Crippen LogP contribution in [0.5, 0.6) is 28.7 Å². The van der Waals surface area contributed by atoms with Crippen LogP contribution in [0, 0.1) is 0 Å². The van der Waals surface area contributed by atoms with E-state index >= 15 is 0 Å². The molecule has 0 bridgehead atoms. The first-order valence-electron chi connectivity index (χ1n) is 9.16. The van der Waals surface area contributed by atoms with Crippen molar-refractivity contribution in [3.63, 3.8) is 0 Å². The van der Waals surface area contributed by atoms with Crippen LogP contribution in [0.2, 0.25) is 0 Å². The summed E-state index contributed by atoms with van der Waals surface area (Å²) in [6.45, 7) is 5.12. The van der Waals surface area contributed by atoms with Crippen LogP contribution in [-0.4, -0.2) is 19.0 Å². The third-order valence-electron chi connectivity index (χ3n) is 5.82. The van der Waals surface area contributed by atoms with Crippen LogP contribution in [-0.2, 0) is 6.42 Å². The van der Waals surface area contributed by atoms with Gasteiger partial charge in [-0.15, -0.1) is 0 Å². The van der Waals surface area contributed by atoms with Crippen LogP contribution in [0.3, 0.4) is 0 Å². The summed E-state index contributed by atoms with van der Waals surface area (Å²) in [4.78, 5) is 0. The Morgan fingerprint density at radius 3 is 2.54 bits per heavy atom. The maximum absolute atomic E-state index is 6.34. The Kier molecular flexibility index (Phi) is 2.68. The molecule has 0 saturated heterocycles. The Morgan fingerprint density at radius 1 is 0.846 bits per heavy atom. The number of ether oxygens (including phenoxy) is 5. The molecule has 0 aromatic heterocycles. The largest absolute Gasteiger partial charge is 0.492 e. The van der Waals surface area contributed by atoms with E-state index in [2.05, 4.69) is 19.9 Å². The summed E-state index contributed by atoms with van der Waals surface area (Å²) < 4.78 is 29.6. The smallest absolute Gasteiger partial charge is 0.231 e. The van der Waals surface area contributed by atoms with Crippen molar-refractivity contribution >= 4 is 0 Å². The van der Waals surface area contributed by atoms with Crippen molar-refractivity contribution in [2.24, 2.45) is 0 Å². The summed E-state index contributed by atoms with van der Waals surface area (Å²) in [6, 6.07) is 8.24. The minimum absolute atomic E-state index is 0.0310. The molecular weight excluding hydrogens is 332 g/mol. The number of benzene rings is 2. The highest BCUT2D eigenvalue weighted by Gasteiger charge is 2.43. The lowest BCUT2D eigenvalue weighted by Crippen LogP contribution is -2.33. The number of hydrogen-bond donors (Lipinski definition) is 0. The zero-order chi connectivity index (χ0) is 17.5. The van der Waals surface area contributed by atoms with Gasteiger partial charge in [-0.3, -0.25) is 0 Å². The first-order chi connectivity index (χ1) is 12.6. The molecule has 5 heteroatoms. The Hall–Kier alpha value is -2.56. The van der Waals surface area contributed by atoms with E-state index in [-0.39, 0.29) is 24.4 Å². The first-order valence-corrected chi connectivity index (χ1v) is 9.16. The van der Waals surface area contributed by atoms with Gasteiger partial charge >= 0.3 is 0 Å². The Labute approximate surface area is 151 Å². The van der Waals surface area contributed by atoms with E-state index in [0.717, 1.165) is 52.7 Å². The molecule has 0 unspecified atom stereocenters. The topological polar surface area (TPSA) is 46.2 Å². The minimum atomic E-state index is -0.126. The third-order valence-corrected chi connectivity index (χ3v) is 5.82. The second kappa shape index (κ2) is 4.78. The number of rotatable bonds is 0. The maximum atomic E-state index is 6.34. The normalized spacial score (nSPS) is 25.8. The molecule has 4 aliphatic rings. The summed E-state index contributed by atoms with van der Waals surface area (Å²) in [7, 11) is 0. The van der Waals surface area contributed by atoms with E-state index in [1.807, 2.05) is 18.2 Å². The third kappa shape index (κ3) is 1.97. The molecule has 0 spiro atoms. The lowest BCUT2D eigenvalue weighted by atomic mass is 9.86. The average Bonchev–Trinajstić information content (AvgIpc) is 3.20. The van der Waals surface area contributed by atoms with Crippen molar-refractivity contribution < 1.29 is 23.7 Å². The predicted molar refractivity (Wildman–Crippen MR) is 93.6 cm³/mol. The fourth-order valence-electron chi connectivity index (χ4n) is 4.40. The van der Waals surface area contributed by atoms with Gasteiger partial charge in [0.15, 0.2) is 11.5 Å². The van der Waals surface area contributed by atoms with Crippen LogP contribution in [0.1, 0.15) is 49.0 Å². The molecule has 0 amide bonds. The lowest BCUT2D eigenvalue weighted by Gasteiger charge is -2.35. The highest BCUT2D eigenvalue weighted by Crippen LogP contribution is 2.55. The predicted octanol–water partition coefficient (Wildman–Crippen LogP) is 4.13. The van der Waals surface area contributed by atoms with Crippen molar-refractivity contribution in [3.8, 4) is 28.7 Å². The molecule has 0 N–H and O–H groups in total. The van der Waals surface area contributed by atoms with Gasteiger partial charge in [0, 0.05) is 23.3 Å². The molecule has 4 heterocycles. The van der Waals surface area contributed by atoms with E-state index in [9.17, 15) is 0 Å². The fourth-order valence-corrected chi connectivity index (χ4v) is 4.40. The van der Waals surface area contributed by atoms with E-state index in [1.165, 1.54) is 5.56 Å². The molecule has 0 aliphatic carbocycles. The molecule has 134 valence electrons. The van der Waals surface area contributed by atoms with Gasteiger partial charge < -0.3 is 23.7 Å². The van der Waals surface area contributed by atoms with Gasteiger partial charge in [-0.2, -0.15) is 0 Å². The molecule has 0 fully saturated rings. The van der Waals surface area contributed by atoms with Crippen molar-refractivity contribution in [1.29, 1.82) is 0 Å². The SMILES string of the molecule is CC1(C)CCc2cc3c(cc2O1)OC[C@@H]1c2cc4c(cc2O[C@H]31)OCO4. The Bertz CT molecular complexity index is 932. The zero-order valence-electron chi connectivity index (χ0n) is 14.8. The fraction of sp³-hybridized carbons (Fsp3) is 0.429. The first kappa shape index (κ1) is 14.6. The maximum Gasteiger partial charge on any atom is 0.231 e. The van der Waals surface area contributed by atoms with Gasteiger partial charge in [-0.05, 0) is 44.4 Å². The van der Waals surface area contributed by atoms with Crippen molar-refractivity contribution in [2.45, 2.75) is 44.3 Å². The summed E-state index contributed by atoms with van der Waals surface area (Å²) in [6.07, 6.45) is 1.99. The minimum Gasteiger partial charge on any atom is -0.492 e. The zero-order valence-corrected chi connectivity index (χ0v) is 14.8. The second-order valence-electron chi connectivity index (χ2n) is 8.06. The summed E-state index contributed by atoms with van der Waals surface area (Å²) in [5, 5.41) is 0. The molecule has 5 nitrogen and oxygen atoms in total. The van der Waals surface area contributed by atoms with Crippen LogP contribution < -0.4 is 23.7 Å². The van der Waals surface area contributed by atoms with Gasteiger partial charge in [0.2, 0.25) is 6.79 Å². The van der Waals surface area contributed by atoms with Crippen LogP contribution in [0.15, 0.2) is 24.3 Å². The Balaban J connectivity index is 1.41. The second-order valence-corrected chi connectivity index (χ2v) is 8.06. The van der Waals surface area contributed by atoms with Gasteiger partial charge in [-0.1, -0.05) is 0 Å². The highest BCUT2D eigenvalue weighted by molar-refractivity contribution is 5.58.